The average Bonchev–Trinajstić information content (AvgIpc) is 2.93. The Balaban J connectivity index is 1.92. The van der Waals surface area contributed by atoms with E-state index in [1.54, 1.807) is 37.4 Å². The third-order valence-electron chi connectivity index (χ3n) is 8.13. The predicted molar refractivity (Wildman–Crippen MR) is 174 cm³/mol. The van der Waals surface area contributed by atoms with E-state index in [1.807, 2.05) is 13.8 Å². The zero-order valence-corrected chi connectivity index (χ0v) is 26.5. The van der Waals surface area contributed by atoms with Crippen molar-refractivity contribution in [3.05, 3.63) is 96.2 Å². The van der Waals surface area contributed by atoms with Gasteiger partial charge in [-0.05, 0) is 42.7 Å². The highest BCUT2D eigenvalue weighted by molar-refractivity contribution is 6.44. The zero-order valence-electron chi connectivity index (χ0n) is 24.2. The molecular weight excluding hydrogens is 613 g/mol. The number of likely N-dealkylation sites (tertiary alicyclic amines) is 1. The number of carbonyl (C=O) groups is 1. The van der Waals surface area contributed by atoms with Gasteiger partial charge in [0.15, 0.2) is 11.3 Å². The molecule has 4 aromatic rings. The number of hydrogen-bond acceptors (Lipinski definition) is 5. The van der Waals surface area contributed by atoms with Crippen LogP contribution < -0.4 is 11.1 Å². The van der Waals surface area contributed by atoms with E-state index in [2.05, 4.69) is 11.6 Å². The minimum atomic E-state index is -2.06. The first-order valence-corrected chi connectivity index (χ1v) is 14.7. The van der Waals surface area contributed by atoms with Crippen molar-refractivity contribution in [1.29, 1.82) is 0 Å². The molecule has 4 heterocycles. The van der Waals surface area contributed by atoms with Crippen LogP contribution in [-0.4, -0.2) is 64.4 Å². The number of aromatic nitrogens is 4. The minimum Gasteiger partial charge on any atom is -0.333 e. The van der Waals surface area contributed by atoms with Crippen molar-refractivity contribution >= 4 is 67.6 Å². The Hall–Kier alpha value is -3.40. The fraction of sp³-hybridized carbons (Fsp3) is 0.276. The van der Waals surface area contributed by atoms with Crippen LogP contribution in [0.1, 0.15) is 31.0 Å². The fourth-order valence-corrected chi connectivity index (χ4v) is 6.19. The molecule has 3 aromatic heterocycles. The highest BCUT2D eigenvalue weighted by Gasteiger charge is 2.57. The fourth-order valence-electron chi connectivity index (χ4n) is 5.55. The maximum Gasteiger partial charge on any atom is 0.322 e. The van der Waals surface area contributed by atoms with Gasteiger partial charge in [0.1, 0.15) is 15.7 Å². The summed E-state index contributed by atoms with van der Waals surface area (Å²) in [5, 5.41) is -1.04. The predicted octanol–water partition coefficient (Wildman–Crippen LogP) is 3.61. The second kappa shape index (κ2) is 10.9. The van der Waals surface area contributed by atoms with Crippen molar-refractivity contribution in [2.24, 2.45) is 0 Å². The summed E-state index contributed by atoms with van der Waals surface area (Å²) in [6.07, 6.45) is 2.73. The van der Waals surface area contributed by atoms with Crippen LogP contribution in [0.2, 0.25) is 15.1 Å². The molecule has 0 aliphatic carbocycles. The molecule has 1 saturated heterocycles. The second-order valence-electron chi connectivity index (χ2n) is 11.5. The molecular formula is C29H27B2Cl3FN5O3. The first-order chi connectivity index (χ1) is 20.1. The van der Waals surface area contributed by atoms with E-state index in [-0.39, 0.29) is 50.9 Å². The van der Waals surface area contributed by atoms with Crippen molar-refractivity contribution in [2.45, 2.75) is 37.7 Å². The molecule has 5 rings (SSSR count). The zero-order chi connectivity index (χ0) is 31.6. The average molecular weight is 641 g/mol. The Bertz CT molecular complexity index is 1950. The van der Waals surface area contributed by atoms with Crippen LogP contribution >= 0.6 is 34.8 Å². The summed E-state index contributed by atoms with van der Waals surface area (Å²) in [5.41, 5.74) is -1.56. The number of amides is 1. The van der Waals surface area contributed by atoms with Crippen molar-refractivity contribution in [1.82, 2.24) is 24.0 Å². The van der Waals surface area contributed by atoms with E-state index in [4.69, 9.17) is 39.8 Å². The van der Waals surface area contributed by atoms with Gasteiger partial charge in [-0.25, -0.2) is 9.37 Å². The monoisotopic (exact) mass is 639 g/mol. The molecule has 43 heavy (non-hydrogen) atoms. The number of pyridine rings is 2. The van der Waals surface area contributed by atoms with E-state index in [0.717, 1.165) is 10.6 Å². The maximum atomic E-state index is 16.6. The summed E-state index contributed by atoms with van der Waals surface area (Å²) in [6, 6.07) is 8.19. The maximum absolute atomic E-state index is 16.6. The lowest BCUT2D eigenvalue weighted by atomic mass is 9.51. The van der Waals surface area contributed by atoms with Crippen molar-refractivity contribution in [3.63, 3.8) is 0 Å². The van der Waals surface area contributed by atoms with Crippen molar-refractivity contribution < 1.29 is 9.18 Å². The molecule has 1 aliphatic rings. The third kappa shape index (κ3) is 4.82. The van der Waals surface area contributed by atoms with Gasteiger partial charge < -0.3 is 9.47 Å². The van der Waals surface area contributed by atoms with Crippen LogP contribution in [0, 0.1) is 6.92 Å². The first kappa shape index (κ1) is 31.0. The Morgan fingerprint density at radius 2 is 1.81 bits per heavy atom. The van der Waals surface area contributed by atoms with Gasteiger partial charge in [-0.3, -0.25) is 23.9 Å². The lowest BCUT2D eigenvalue weighted by molar-refractivity contribution is -0.143. The molecule has 8 nitrogen and oxygen atoms in total. The van der Waals surface area contributed by atoms with Gasteiger partial charge in [0, 0.05) is 17.1 Å². The van der Waals surface area contributed by atoms with E-state index < -0.39 is 28.0 Å². The molecule has 1 aromatic carbocycles. The summed E-state index contributed by atoms with van der Waals surface area (Å²) >= 11 is 19.6. The van der Waals surface area contributed by atoms with Crippen LogP contribution in [0.25, 0.3) is 28.1 Å². The van der Waals surface area contributed by atoms with Crippen molar-refractivity contribution in [3.8, 4) is 16.9 Å². The molecule has 0 N–H and O–H groups in total. The van der Waals surface area contributed by atoms with E-state index in [1.165, 1.54) is 31.2 Å². The molecule has 0 saturated carbocycles. The van der Waals surface area contributed by atoms with E-state index >= 15 is 4.39 Å². The van der Waals surface area contributed by atoms with Gasteiger partial charge in [-0.15, -0.1) is 0 Å². The Morgan fingerprint density at radius 3 is 2.44 bits per heavy atom. The number of benzene rings is 1. The molecule has 0 bridgehead atoms. The van der Waals surface area contributed by atoms with Gasteiger partial charge >= 0.3 is 11.1 Å². The van der Waals surface area contributed by atoms with E-state index in [0.29, 0.717) is 22.5 Å². The largest absolute Gasteiger partial charge is 0.333 e. The van der Waals surface area contributed by atoms with Crippen molar-refractivity contribution in [2.75, 3.05) is 13.1 Å². The SMILES string of the molecule is BC(B)(n1c(=O)c(=O)n(-c2c(C)ccnc2C(C)C)c2nc(-c3cccc(Cl)c3Cl)c(Cl)cc21)C1(F)CN(C(=O)C=C)C1. The number of carbonyl (C=O) groups excluding carboxylic acids is 1. The highest BCUT2D eigenvalue weighted by atomic mass is 35.5. The van der Waals surface area contributed by atoms with Gasteiger partial charge in [0.2, 0.25) is 5.91 Å². The van der Waals surface area contributed by atoms with Crippen LogP contribution in [-0.2, 0) is 10.1 Å². The van der Waals surface area contributed by atoms with Gasteiger partial charge in [-0.1, -0.05) is 67.4 Å². The summed E-state index contributed by atoms with van der Waals surface area (Å²) in [6.45, 7) is 8.52. The highest BCUT2D eigenvalue weighted by Crippen LogP contribution is 2.41. The summed E-state index contributed by atoms with van der Waals surface area (Å²) in [7, 11) is 3.02. The standard InChI is InChI=1S/C29H27B2Cl3FN5O3/c1-5-20(41)38-12-28(35,13-38)29(30,31)40-19-11-18(33)23(16-7-6-8-17(32)21(16)34)37-25(19)39(26(42)27(40)43)24-15(4)9-10-36-22(24)14(2)3/h5-11,14H,1,12-13,30-31H2,2-4H3. The third-order valence-corrected chi connectivity index (χ3v) is 9.24. The second-order valence-corrected chi connectivity index (χ2v) is 12.7. The first-order valence-electron chi connectivity index (χ1n) is 13.5. The number of alkyl halides is 1. The van der Waals surface area contributed by atoms with E-state index in [9.17, 15) is 14.4 Å². The number of fused-ring (bicyclic) bond motifs is 1. The molecule has 0 unspecified atom stereocenters. The normalized spacial score (nSPS) is 14.7. The lowest BCUT2D eigenvalue weighted by Crippen LogP contribution is -2.74. The molecule has 220 valence electrons. The van der Waals surface area contributed by atoms with Gasteiger partial charge in [0.05, 0.1) is 50.7 Å². The molecule has 1 aliphatic heterocycles. The summed E-state index contributed by atoms with van der Waals surface area (Å²) in [5.74, 6) is -0.556. The van der Waals surface area contributed by atoms with Gasteiger partial charge in [0.25, 0.3) is 0 Å². The van der Waals surface area contributed by atoms with Crippen LogP contribution in [0.4, 0.5) is 4.39 Å². The topological polar surface area (TPSA) is 90.1 Å². The lowest BCUT2D eigenvalue weighted by Gasteiger charge is -2.53. The number of nitrogens with zero attached hydrogens (tertiary/aromatic N) is 5. The Labute approximate surface area is 263 Å². The summed E-state index contributed by atoms with van der Waals surface area (Å²) < 4.78 is 18.9. The molecule has 0 radical (unpaired) electrons. The minimum absolute atomic E-state index is 0.0491. The molecule has 0 atom stereocenters. The quantitative estimate of drug-likeness (QED) is 0.183. The van der Waals surface area contributed by atoms with Crippen LogP contribution in [0.3, 0.4) is 0 Å². The molecule has 1 fully saturated rings. The number of rotatable bonds is 6. The van der Waals surface area contributed by atoms with Gasteiger partial charge in [-0.2, -0.15) is 0 Å². The summed E-state index contributed by atoms with van der Waals surface area (Å²) in [4.78, 5) is 51.0. The van der Waals surface area contributed by atoms with Crippen LogP contribution in [0.15, 0.2) is 58.8 Å². The number of aryl methyl sites for hydroxylation is 1. The molecule has 0 spiro atoms. The Kier molecular flexibility index (Phi) is 7.90. The molecule has 14 heteroatoms. The van der Waals surface area contributed by atoms with Crippen LogP contribution in [0.5, 0.6) is 0 Å². The number of hydrogen-bond donors (Lipinski definition) is 0. The number of halogens is 4. The Morgan fingerprint density at radius 1 is 1.14 bits per heavy atom. The smallest absolute Gasteiger partial charge is 0.322 e. The molecule has 1 amide bonds.